The van der Waals surface area contributed by atoms with Crippen LogP contribution >= 0.6 is 34.7 Å². The van der Waals surface area contributed by atoms with Gasteiger partial charge in [0.15, 0.2) is 21.8 Å². The highest BCUT2D eigenvalue weighted by Crippen LogP contribution is 2.43. The number of carbonyl (C=O) groups is 3. The summed E-state index contributed by atoms with van der Waals surface area (Å²) in [4.78, 5) is 54.9. The molecule has 65 heavy (non-hydrogen) atoms. The molecule has 0 unspecified atom stereocenters. The number of esters is 1. The van der Waals surface area contributed by atoms with E-state index < -0.39 is 34.7 Å². The molecule has 4 aromatic carbocycles. The zero-order valence-corrected chi connectivity index (χ0v) is 37.5. The summed E-state index contributed by atoms with van der Waals surface area (Å²) >= 11 is 8.69. The van der Waals surface area contributed by atoms with Gasteiger partial charge in [0.05, 0.1) is 7.11 Å². The van der Waals surface area contributed by atoms with Crippen molar-refractivity contribution in [2.45, 2.75) is 55.3 Å². The van der Waals surface area contributed by atoms with Gasteiger partial charge in [0.2, 0.25) is 0 Å². The fourth-order valence-corrected chi connectivity index (χ4v) is 10.4. The number of thioether (sulfide) groups is 1. The maximum atomic E-state index is 14.5. The quantitative estimate of drug-likeness (QED) is 0.0314. The number of benzene rings is 4. The lowest BCUT2D eigenvalue weighted by atomic mass is 9.77. The Hall–Kier alpha value is -6.68. The molecule has 0 bridgehead atoms. The lowest BCUT2D eigenvalue weighted by Gasteiger charge is -2.49. The predicted molar refractivity (Wildman–Crippen MR) is 250 cm³/mol. The Labute approximate surface area is 388 Å². The number of nitrogens with zero attached hydrogens (tertiary/aromatic N) is 4. The van der Waals surface area contributed by atoms with Gasteiger partial charge in [-0.1, -0.05) is 131 Å². The summed E-state index contributed by atoms with van der Waals surface area (Å²) in [5, 5.41) is 16.7. The minimum Gasteiger partial charge on any atom is -0.497 e. The number of amides is 2. The number of fused-ring (bicyclic) bond motifs is 1. The van der Waals surface area contributed by atoms with Gasteiger partial charge in [-0.3, -0.25) is 14.5 Å². The van der Waals surface area contributed by atoms with Crippen LogP contribution in [0.1, 0.15) is 59.4 Å². The minimum absolute atomic E-state index is 0.0461. The third kappa shape index (κ3) is 9.30. The van der Waals surface area contributed by atoms with Crippen LogP contribution in [0.3, 0.4) is 0 Å². The number of rotatable bonds is 16. The van der Waals surface area contributed by atoms with Crippen molar-refractivity contribution in [3.63, 3.8) is 0 Å². The summed E-state index contributed by atoms with van der Waals surface area (Å²) in [5.74, 6) is -0.499. The number of halogens is 1. The highest BCUT2D eigenvalue weighted by molar-refractivity contribution is 8.00. The summed E-state index contributed by atoms with van der Waals surface area (Å²) in [6, 6.07) is 38.1. The van der Waals surface area contributed by atoms with Crippen LogP contribution in [0.25, 0.3) is 6.08 Å². The molecule has 330 valence electrons. The fourth-order valence-electron chi connectivity index (χ4n) is 8.14. The number of β-lactam (4-membered cyclic amide) rings is 1. The number of nitrogens with one attached hydrogen (secondary N) is 2. The molecule has 2 amide bonds. The summed E-state index contributed by atoms with van der Waals surface area (Å²) in [6.45, 7) is -0.0461. The summed E-state index contributed by atoms with van der Waals surface area (Å²) in [7, 11) is 1.57. The summed E-state index contributed by atoms with van der Waals surface area (Å²) < 4.78 is 16.3. The lowest BCUT2D eigenvalue weighted by Crippen LogP contribution is -2.71. The third-order valence-corrected chi connectivity index (χ3v) is 13.7. The van der Waals surface area contributed by atoms with Crippen molar-refractivity contribution in [3.8, 4) is 5.75 Å². The molecular weight excluding hydrogens is 884 g/mol. The van der Waals surface area contributed by atoms with Crippen molar-refractivity contribution in [1.29, 1.82) is 0 Å². The number of methoxy groups -OCH3 is 1. The van der Waals surface area contributed by atoms with Crippen LogP contribution in [0.4, 0.5) is 5.13 Å². The molecule has 6 aromatic rings. The van der Waals surface area contributed by atoms with E-state index in [0.717, 1.165) is 47.9 Å². The molecule has 2 fully saturated rings. The molecule has 1 aliphatic carbocycles. The molecule has 2 N–H and O–H groups in total. The molecule has 1 saturated carbocycles. The van der Waals surface area contributed by atoms with Crippen LogP contribution in [-0.2, 0) is 36.1 Å². The largest absolute Gasteiger partial charge is 0.497 e. The number of ether oxygens (including phenoxy) is 2. The molecule has 2 aliphatic heterocycles. The van der Waals surface area contributed by atoms with Crippen LogP contribution in [0, 0.1) is 0 Å². The standard InChI is InChI=1S/C49H43ClN6O7S2/c1-60-36-24-21-31(22-25-36)28-61-47(59)43-32(23-26-38-27-40(50)54-63-38)29-64-46-42(45(58)56(43)46)52-44(57)41(55-62-37-19-11-12-20-37)39-30-65-48(51-39)53-49(33-13-5-2-6-14-33,34-15-7-3-8-16-34)35-17-9-4-10-18-35/h2-10,13-18,21-27,30,37,42,46H,11-12,19-20,28-29H2,1H3,(H,51,53)(H,52,57)/b26-23+,55-41-/t42-,46-/m1/s1. The third-order valence-electron chi connectivity index (χ3n) is 11.4. The molecule has 13 nitrogen and oxygen atoms in total. The van der Waals surface area contributed by atoms with Gasteiger partial charge in [-0.05, 0) is 71.7 Å². The Morgan fingerprint density at radius 3 is 2.17 bits per heavy atom. The molecular formula is C49H43ClN6O7S2. The highest BCUT2D eigenvalue weighted by Gasteiger charge is 2.54. The normalized spacial score (nSPS) is 17.7. The van der Waals surface area contributed by atoms with Crippen LogP contribution in [0.2, 0.25) is 5.15 Å². The number of aromatic nitrogens is 2. The van der Waals surface area contributed by atoms with Crippen molar-refractivity contribution < 1.29 is 33.2 Å². The second kappa shape index (κ2) is 19.6. The van der Waals surface area contributed by atoms with Crippen LogP contribution in [0.5, 0.6) is 5.75 Å². The first-order valence-corrected chi connectivity index (χ1v) is 23.3. The first kappa shape index (κ1) is 43.6. The van der Waals surface area contributed by atoms with E-state index in [9.17, 15) is 14.4 Å². The van der Waals surface area contributed by atoms with E-state index in [0.29, 0.717) is 28.0 Å². The van der Waals surface area contributed by atoms with Gasteiger partial charge in [-0.2, -0.15) is 0 Å². The Balaban J connectivity index is 0.993. The van der Waals surface area contributed by atoms with E-state index in [4.69, 9.17) is 35.4 Å². The zero-order chi connectivity index (χ0) is 44.8. The number of allylic oxidation sites excluding steroid dienone is 1. The van der Waals surface area contributed by atoms with Crippen molar-refractivity contribution in [2.75, 3.05) is 18.2 Å². The van der Waals surface area contributed by atoms with Crippen molar-refractivity contribution in [3.05, 3.63) is 183 Å². The van der Waals surface area contributed by atoms with Gasteiger partial charge in [-0.15, -0.1) is 23.1 Å². The van der Waals surface area contributed by atoms with E-state index in [-0.39, 0.29) is 35.0 Å². The summed E-state index contributed by atoms with van der Waals surface area (Å²) in [5.41, 5.74) is 3.62. The Morgan fingerprint density at radius 1 is 0.923 bits per heavy atom. The van der Waals surface area contributed by atoms with Gasteiger partial charge in [0, 0.05) is 17.2 Å². The van der Waals surface area contributed by atoms with Crippen LogP contribution in [-0.4, -0.2) is 68.9 Å². The van der Waals surface area contributed by atoms with Crippen LogP contribution in [0.15, 0.2) is 154 Å². The highest BCUT2D eigenvalue weighted by atomic mass is 35.5. The number of anilines is 1. The molecule has 9 rings (SSSR count). The molecule has 4 heterocycles. The molecule has 16 heteroatoms. The average Bonchev–Trinajstić information content (AvgIpc) is 4.15. The number of carbonyl (C=O) groups excluding carboxylic acids is 3. The topological polar surface area (TPSA) is 157 Å². The first-order chi connectivity index (χ1) is 31.8. The van der Waals surface area contributed by atoms with Gasteiger partial charge >= 0.3 is 5.97 Å². The fraction of sp³-hybridized carbons (Fsp3) is 0.224. The van der Waals surface area contributed by atoms with Gasteiger partial charge < -0.3 is 29.5 Å². The lowest BCUT2D eigenvalue weighted by molar-refractivity contribution is -0.153. The number of hydrogen-bond acceptors (Lipinski definition) is 13. The van der Waals surface area contributed by atoms with E-state index in [2.05, 4.69) is 57.3 Å². The second-order valence-electron chi connectivity index (χ2n) is 15.5. The molecule has 3 aliphatic rings. The molecule has 0 spiro atoms. The maximum absolute atomic E-state index is 14.5. The predicted octanol–water partition coefficient (Wildman–Crippen LogP) is 8.97. The molecule has 2 atom stereocenters. The number of hydrogen-bond donors (Lipinski definition) is 2. The smallest absolute Gasteiger partial charge is 0.355 e. The van der Waals surface area contributed by atoms with E-state index in [1.807, 2.05) is 54.6 Å². The van der Waals surface area contributed by atoms with Crippen LogP contribution < -0.4 is 15.4 Å². The second-order valence-corrected chi connectivity index (χ2v) is 17.9. The Morgan fingerprint density at radius 2 is 1.57 bits per heavy atom. The molecule has 1 saturated heterocycles. The Kier molecular flexibility index (Phi) is 13.1. The SMILES string of the molecule is COc1ccc(COC(=O)C2=C(/C=C/c3cc(Cl)no3)CS[C@@H]3[C@H](NC(=O)/C(=N\OC4CCCC4)c4csc(NC(c5ccccc5)(c5ccccc5)c5ccccc5)n4)C(=O)N23)cc1. The average molecular weight is 928 g/mol. The summed E-state index contributed by atoms with van der Waals surface area (Å²) in [6.07, 6.45) is 6.76. The Bertz CT molecular complexity index is 2640. The zero-order valence-electron chi connectivity index (χ0n) is 35.1. The molecule has 0 radical (unpaired) electrons. The minimum atomic E-state index is -0.995. The van der Waals surface area contributed by atoms with Crippen molar-refractivity contribution >= 4 is 69.4 Å². The molecule has 2 aromatic heterocycles. The van der Waals surface area contributed by atoms with E-state index >= 15 is 0 Å². The number of oxime groups is 1. The first-order valence-electron chi connectivity index (χ1n) is 21.0. The monoisotopic (exact) mass is 926 g/mol. The van der Waals surface area contributed by atoms with Gasteiger partial charge in [0.25, 0.3) is 11.8 Å². The van der Waals surface area contributed by atoms with Crippen molar-refractivity contribution in [1.82, 2.24) is 20.4 Å². The van der Waals surface area contributed by atoms with Gasteiger partial charge in [0.1, 0.15) is 46.8 Å². The number of thiazole rings is 1. The maximum Gasteiger partial charge on any atom is 0.355 e. The van der Waals surface area contributed by atoms with Crippen molar-refractivity contribution in [2.24, 2.45) is 5.16 Å². The van der Waals surface area contributed by atoms with E-state index in [1.165, 1.54) is 34.1 Å². The van der Waals surface area contributed by atoms with E-state index in [1.54, 1.807) is 48.9 Å². The van der Waals surface area contributed by atoms with Gasteiger partial charge in [-0.25, -0.2) is 9.78 Å².